The Morgan fingerprint density at radius 2 is 1.89 bits per heavy atom. The largest absolute Gasteiger partial charge is 0.493 e. The molecule has 0 atom stereocenters. The lowest BCUT2D eigenvalue weighted by molar-refractivity contribution is -0.120. The van der Waals surface area contributed by atoms with Crippen molar-refractivity contribution in [3.05, 3.63) is 41.3 Å². The Morgan fingerprint density at radius 1 is 1.15 bits per heavy atom. The van der Waals surface area contributed by atoms with Gasteiger partial charge in [-0.25, -0.2) is 0 Å². The minimum atomic E-state index is -0.0762. The predicted octanol–water partition coefficient (Wildman–Crippen LogP) is 3.56. The van der Waals surface area contributed by atoms with Gasteiger partial charge in [0, 0.05) is 18.0 Å². The number of rotatable bonds is 7. The first-order chi connectivity index (χ1) is 13.1. The predicted molar refractivity (Wildman–Crippen MR) is 102 cm³/mol. The molecule has 1 heterocycles. The summed E-state index contributed by atoms with van der Waals surface area (Å²) < 4.78 is 15.9. The molecule has 1 N–H and O–H groups in total. The number of nitrogens with one attached hydrogen (secondary N) is 1. The van der Waals surface area contributed by atoms with Crippen LogP contribution in [0.15, 0.2) is 28.8 Å². The molecule has 1 aromatic carbocycles. The monoisotopic (exact) mass is 372 g/mol. The van der Waals surface area contributed by atoms with Crippen molar-refractivity contribution < 1.29 is 18.8 Å². The molecule has 1 aliphatic rings. The van der Waals surface area contributed by atoms with E-state index in [4.69, 9.17) is 14.0 Å². The second-order valence-corrected chi connectivity index (χ2v) is 7.29. The van der Waals surface area contributed by atoms with Gasteiger partial charge in [-0.2, -0.15) is 0 Å². The number of carbonyl (C=O) groups is 1. The third kappa shape index (κ3) is 4.43. The molecule has 1 amide bonds. The number of aromatic nitrogens is 1. The Kier molecular flexibility index (Phi) is 6.04. The molecule has 1 saturated carbocycles. The lowest BCUT2D eigenvalue weighted by Crippen LogP contribution is -2.42. The van der Waals surface area contributed by atoms with Crippen molar-refractivity contribution in [2.75, 3.05) is 20.8 Å². The number of carbonyl (C=O) groups excluding carboxylic acids is 1. The molecule has 0 saturated heterocycles. The first kappa shape index (κ1) is 19.3. The molecule has 146 valence electrons. The molecule has 6 nitrogen and oxygen atoms in total. The van der Waals surface area contributed by atoms with Gasteiger partial charge in [-0.05, 0) is 37.5 Å². The van der Waals surface area contributed by atoms with Crippen molar-refractivity contribution in [1.29, 1.82) is 0 Å². The van der Waals surface area contributed by atoms with Crippen LogP contribution in [0.2, 0.25) is 0 Å². The molecule has 1 fully saturated rings. The van der Waals surface area contributed by atoms with E-state index < -0.39 is 0 Å². The normalized spacial score (nSPS) is 16.0. The van der Waals surface area contributed by atoms with Crippen LogP contribution < -0.4 is 14.8 Å². The molecule has 3 rings (SSSR count). The fraction of sp³-hybridized carbons (Fsp3) is 0.524. The second kappa shape index (κ2) is 8.46. The summed E-state index contributed by atoms with van der Waals surface area (Å²) in [6.45, 7) is 2.43. The molecule has 0 bridgehead atoms. The van der Waals surface area contributed by atoms with Crippen LogP contribution in [0.5, 0.6) is 11.5 Å². The quantitative estimate of drug-likeness (QED) is 0.804. The fourth-order valence-electron chi connectivity index (χ4n) is 3.96. The van der Waals surface area contributed by atoms with Gasteiger partial charge in [0.05, 0.1) is 26.3 Å². The average Bonchev–Trinajstić information content (AvgIpc) is 3.11. The van der Waals surface area contributed by atoms with Crippen molar-refractivity contribution in [3.8, 4) is 11.5 Å². The van der Waals surface area contributed by atoms with Gasteiger partial charge in [-0.15, -0.1) is 0 Å². The van der Waals surface area contributed by atoms with Crippen molar-refractivity contribution in [3.63, 3.8) is 0 Å². The highest BCUT2D eigenvalue weighted by Crippen LogP contribution is 2.42. The molecule has 0 spiro atoms. The van der Waals surface area contributed by atoms with E-state index in [9.17, 15) is 4.79 Å². The topological polar surface area (TPSA) is 73.6 Å². The summed E-state index contributed by atoms with van der Waals surface area (Å²) in [7, 11) is 3.29. The fourth-order valence-corrected chi connectivity index (χ4v) is 3.96. The number of hydrogen-bond donors (Lipinski definition) is 1. The second-order valence-electron chi connectivity index (χ2n) is 7.29. The van der Waals surface area contributed by atoms with E-state index >= 15 is 0 Å². The van der Waals surface area contributed by atoms with E-state index in [1.807, 2.05) is 13.0 Å². The van der Waals surface area contributed by atoms with Crippen LogP contribution in [0, 0.1) is 6.92 Å². The Bertz CT molecular complexity index is 778. The first-order valence-electron chi connectivity index (χ1n) is 9.48. The van der Waals surface area contributed by atoms with Gasteiger partial charge in [0.25, 0.3) is 0 Å². The molecule has 6 heteroatoms. The number of aryl methyl sites for hydroxylation is 1. The highest BCUT2D eigenvalue weighted by atomic mass is 16.5. The molecule has 2 aromatic rings. The van der Waals surface area contributed by atoms with Gasteiger partial charge >= 0.3 is 0 Å². The summed E-state index contributed by atoms with van der Waals surface area (Å²) in [6.07, 6.45) is 5.89. The Morgan fingerprint density at radius 3 is 2.52 bits per heavy atom. The minimum absolute atomic E-state index is 0.0336. The summed E-state index contributed by atoms with van der Waals surface area (Å²) in [5, 5.41) is 7.02. The molecular weight excluding hydrogens is 344 g/mol. The van der Waals surface area contributed by atoms with Crippen molar-refractivity contribution >= 4 is 5.91 Å². The zero-order valence-corrected chi connectivity index (χ0v) is 16.3. The van der Waals surface area contributed by atoms with Gasteiger partial charge in [-0.1, -0.05) is 30.5 Å². The SMILES string of the molecule is COc1ccc(C2(CNC(=O)Cc3cc(C)on3)CCCCC2)cc1OC. The van der Waals surface area contributed by atoms with E-state index in [1.54, 1.807) is 20.3 Å². The third-order valence-electron chi connectivity index (χ3n) is 5.45. The highest BCUT2D eigenvalue weighted by Gasteiger charge is 2.35. The molecule has 0 unspecified atom stereocenters. The maximum Gasteiger partial charge on any atom is 0.226 e. The number of hydrogen-bond acceptors (Lipinski definition) is 5. The molecule has 1 aliphatic carbocycles. The Balaban J connectivity index is 1.75. The molecule has 0 aliphatic heterocycles. The average molecular weight is 372 g/mol. The van der Waals surface area contributed by atoms with Gasteiger partial charge in [0.1, 0.15) is 5.76 Å². The number of nitrogens with zero attached hydrogens (tertiary/aromatic N) is 1. The van der Waals surface area contributed by atoms with Crippen LogP contribution in [0.3, 0.4) is 0 Å². The number of benzene rings is 1. The van der Waals surface area contributed by atoms with Crippen molar-refractivity contribution in [2.24, 2.45) is 0 Å². The van der Waals surface area contributed by atoms with E-state index in [-0.39, 0.29) is 17.7 Å². The summed E-state index contributed by atoms with van der Waals surface area (Å²) >= 11 is 0. The molecule has 0 radical (unpaired) electrons. The Labute approximate surface area is 160 Å². The van der Waals surface area contributed by atoms with Crippen molar-refractivity contribution in [1.82, 2.24) is 10.5 Å². The highest BCUT2D eigenvalue weighted by molar-refractivity contribution is 5.78. The number of methoxy groups -OCH3 is 2. The van der Waals surface area contributed by atoms with Crippen LogP contribution >= 0.6 is 0 Å². The zero-order valence-electron chi connectivity index (χ0n) is 16.3. The van der Waals surface area contributed by atoms with Crippen LogP contribution in [0.25, 0.3) is 0 Å². The zero-order chi connectivity index (χ0) is 19.3. The standard InChI is InChI=1S/C21H28N2O4/c1-15-11-17(23-27-15)13-20(24)22-14-21(9-5-4-6-10-21)16-7-8-18(25-2)19(12-16)26-3/h7-8,11-12H,4-6,9-10,13-14H2,1-3H3,(H,22,24). The van der Waals surface area contributed by atoms with Gasteiger partial charge < -0.3 is 19.3 Å². The van der Waals surface area contributed by atoms with E-state index in [2.05, 4.69) is 22.6 Å². The van der Waals surface area contributed by atoms with Crippen LogP contribution in [-0.4, -0.2) is 31.8 Å². The maximum atomic E-state index is 12.4. The van der Waals surface area contributed by atoms with Crippen molar-refractivity contribution in [2.45, 2.75) is 50.9 Å². The molecular formula is C21H28N2O4. The van der Waals surface area contributed by atoms with Crippen LogP contribution in [0.4, 0.5) is 0 Å². The lowest BCUT2D eigenvalue weighted by atomic mass is 9.69. The third-order valence-corrected chi connectivity index (χ3v) is 5.45. The van der Waals surface area contributed by atoms with Gasteiger partial charge in [0.15, 0.2) is 11.5 Å². The van der Waals surface area contributed by atoms with E-state index in [0.717, 1.165) is 37.2 Å². The minimum Gasteiger partial charge on any atom is -0.493 e. The van der Waals surface area contributed by atoms with Crippen LogP contribution in [-0.2, 0) is 16.6 Å². The lowest BCUT2D eigenvalue weighted by Gasteiger charge is -2.38. The summed E-state index contributed by atoms with van der Waals surface area (Å²) in [6, 6.07) is 7.89. The number of ether oxygens (including phenoxy) is 2. The van der Waals surface area contributed by atoms with Crippen LogP contribution in [0.1, 0.15) is 49.1 Å². The maximum absolute atomic E-state index is 12.4. The van der Waals surface area contributed by atoms with Gasteiger partial charge in [-0.3, -0.25) is 4.79 Å². The summed E-state index contributed by atoms with van der Waals surface area (Å²) in [5.74, 6) is 2.13. The smallest absolute Gasteiger partial charge is 0.226 e. The summed E-state index contributed by atoms with van der Waals surface area (Å²) in [5.41, 5.74) is 1.78. The molecule has 1 aromatic heterocycles. The van der Waals surface area contributed by atoms with E-state index in [0.29, 0.717) is 18.0 Å². The Hall–Kier alpha value is -2.50. The van der Waals surface area contributed by atoms with E-state index in [1.165, 1.54) is 12.0 Å². The number of amides is 1. The molecule has 27 heavy (non-hydrogen) atoms. The first-order valence-corrected chi connectivity index (χ1v) is 9.48. The van der Waals surface area contributed by atoms with Gasteiger partial charge in [0.2, 0.25) is 5.91 Å². The summed E-state index contributed by atoms with van der Waals surface area (Å²) in [4.78, 5) is 12.4.